The molecule has 0 fully saturated rings. The number of esters is 1. The summed E-state index contributed by atoms with van der Waals surface area (Å²) in [5.74, 6) is 0.233. The summed E-state index contributed by atoms with van der Waals surface area (Å²) in [6, 6.07) is 17.2. The van der Waals surface area contributed by atoms with E-state index in [1.807, 2.05) is 54.6 Å². The lowest BCUT2D eigenvalue weighted by atomic mass is 10.1. The Kier molecular flexibility index (Phi) is 7.26. The third-order valence-electron chi connectivity index (χ3n) is 3.62. The minimum Gasteiger partial charge on any atom is -0.482 e. The summed E-state index contributed by atoms with van der Waals surface area (Å²) in [6.45, 7) is 1.20. The summed E-state index contributed by atoms with van der Waals surface area (Å²) in [5, 5.41) is 13.3. The van der Waals surface area contributed by atoms with Crippen molar-refractivity contribution in [3.8, 4) is 5.75 Å². The van der Waals surface area contributed by atoms with Gasteiger partial charge in [-0.3, -0.25) is 0 Å². The first-order valence-electron chi connectivity index (χ1n) is 7.91. The molecule has 0 spiro atoms. The lowest BCUT2D eigenvalue weighted by Crippen LogP contribution is -2.23. The first-order valence-corrected chi connectivity index (χ1v) is 7.91. The quantitative estimate of drug-likeness (QED) is 0.545. The van der Waals surface area contributed by atoms with E-state index in [4.69, 9.17) is 4.74 Å². The van der Waals surface area contributed by atoms with E-state index in [0.29, 0.717) is 12.3 Å². The summed E-state index contributed by atoms with van der Waals surface area (Å²) in [6.07, 6.45) is 0.346. The number of hydrogen-bond acceptors (Lipinski definition) is 5. The molecule has 0 amide bonds. The fraction of sp³-hybridized carbons (Fsp3) is 0.316. The Morgan fingerprint density at radius 1 is 1.12 bits per heavy atom. The van der Waals surface area contributed by atoms with Crippen LogP contribution in [0.5, 0.6) is 5.75 Å². The Labute approximate surface area is 142 Å². The average Bonchev–Trinajstić information content (AvgIpc) is 2.64. The van der Waals surface area contributed by atoms with Crippen LogP contribution in [0.15, 0.2) is 54.6 Å². The number of rotatable bonds is 9. The summed E-state index contributed by atoms with van der Waals surface area (Å²) < 4.78 is 9.82. The number of nitrogens with one attached hydrogen (secondary N) is 1. The van der Waals surface area contributed by atoms with Crippen molar-refractivity contribution in [3.63, 3.8) is 0 Å². The second kappa shape index (κ2) is 9.70. The number of carbonyl (C=O) groups excluding carboxylic acids is 1. The van der Waals surface area contributed by atoms with E-state index in [1.54, 1.807) is 0 Å². The lowest BCUT2D eigenvalue weighted by molar-refractivity contribution is -0.142. The molecular weight excluding hydrogens is 306 g/mol. The van der Waals surface area contributed by atoms with E-state index >= 15 is 0 Å². The largest absolute Gasteiger partial charge is 0.482 e. The highest BCUT2D eigenvalue weighted by atomic mass is 16.6. The molecule has 1 atom stereocenters. The number of benzene rings is 2. The Morgan fingerprint density at radius 3 is 2.50 bits per heavy atom. The van der Waals surface area contributed by atoms with Crippen molar-refractivity contribution >= 4 is 5.97 Å². The van der Waals surface area contributed by atoms with Gasteiger partial charge in [-0.1, -0.05) is 42.5 Å². The van der Waals surface area contributed by atoms with E-state index in [1.165, 1.54) is 7.11 Å². The van der Waals surface area contributed by atoms with Crippen molar-refractivity contribution in [2.24, 2.45) is 0 Å². The zero-order valence-electron chi connectivity index (χ0n) is 13.8. The first-order chi connectivity index (χ1) is 11.7. The van der Waals surface area contributed by atoms with Gasteiger partial charge in [0.15, 0.2) is 6.61 Å². The first kappa shape index (κ1) is 18.0. The molecule has 0 unspecified atom stereocenters. The van der Waals surface area contributed by atoms with Crippen molar-refractivity contribution in [2.75, 3.05) is 26.8 Å². The van der Waals surface area contributed by atoms with E-state index in [0.717, 1.165) is 24.1 Å². The van der Waals surface area contributed by atoms with Gasteiger partial charge in [-0.2, -0.15) is 0 Å². The summed E-state index contributed by atoms with van der Waals surface area (Å²) in [4.78, 5) is 11.0. The van der Waals surface area contributed by atoms with Gasteiger partial charge in [0.05, 0.1) is 13.2 Å². The van der Waals surface area contributed by atoms with Gasteiger partial charge < -0.3 is 19.9 Å². The maximum absolute atomic E-state index is 11.0. The highest BCUT2D eigenvalue weighted by molar-refractivity contribution is 5.70. The molecule has 2 aromatic rings. The van der Waals surface area contributed by atoms with Gasteiger partial charge in [-0.25, -0.2) is 4.79 Å². The van der Waals surface area contributed by atoms with Crippen LogP contribution in [0.25, 0.3) is 0 Å². The van der Waals surface area contributed by atoms with Crippen LogP contribution in [0.2, 0.25) is 0 Å². The maximum atomic E-state index is 11.0. The van der Waals surface area contributed by atoms with Crippen molar-refractivity contribution < 1.29 is 19.4 Å². The maximum Gasteiger partial charge on any atom is 0.343 e. The smallest absolute Gasteiger partial charge is 0.343 e. The van der Waals surface area contributed by atoms with Crippen molar-refractivity contribution in [1.29, 1.82) is 0 Å². The van der Waals surface area contributed by atoms with Crippen LogP contribution < -0.4 is 10.1 Å². The number of methoxy groups -OCH3 is 1. The Balaban J connectivity index is 1.68. The van der Waals surface area contributed by atoms with Crippen molar-refractivity contribution in [2.45, 2.75) is 12.5 Å². The van der Waals surface area contributed by atoms with Crippen LogP contribution >= 0.6 is 0 Å². The summed E-state index contributed by atoms with van der Waals surface area (Å²) in [5.41, 5.74) is 2.07. The van der Waals surface area contributed by atoms with Gasteiger partial charge in [0.25, 0.3) is 0 Å². The SMILES string of the molecule is COC(=O)COc1ccc(CCNC[C@H](O)c2ccccc2)cc1. The van der Waals surface area contributed by atoms with E-state index in [9.17, 15) is 9.90 Å². The predicted octanol–water partition coefficient (Wildman–Crippen LogP) is 2.10. The Bertz CT molecular complexity index is 613. The molecule has 0 bridgehead atoms. The molecule has 0 aromatic heterocycles. The predicted molar refractivity (Wildman–Crippen MR) is 91.9 cm³/mol. The van der Waals surface area contributed by atoms with Gasteiger partial charge in [0.2, 0.25) is 0 Å². The van der Waals surface area contributed by atoms with Gasteiger partial charge in [-0.05, 0) is 36.2 Å². The number of ether oxygens (including phenoxy) is 2. The molecule has 2 rings (SSSR count). The highest BCUT2D eigenvalue weighted by Gasteiger charge is 2.06. The Morgan fingerprint density at radius 2 is 1.83 bits per heavy atom. The third kappa shape index (κ3) is 6.02. The molecule has 2 N–H and O–H groups in total. The van der Waals surface area contributed by atoms with E-state index < -0.39 is 12.1 Å². The van der Waals surface area contributed by atoms with Crippen LogP contribution in [0.1, 0.15) is 17.2 Å². The van der Waals surface area contributed by atoms with Crippen LogP contribution in [-0.4, -0.2) is 37.9 Å². The number of aliphatic hydroxyl groups excluding tert-OH is 1. The van der Waals surface area contributed by atoms with Crippen molar-refractivity contribution in [1.82, 2.24) is 5.32 Å². The monoisotopic (exact) mass is 329 g/mol. The number of carbonyl (C=O) groups is 1. The molecule has 0 aliphatic rings. The zero-order valence-corrected chi connectivity index (χ0v) is 13.8. The second-order valence-electron chi connectivity index (χ2n) is 5.39. The van der Waals surface area contributed by atoms with Crippen LogP contribution in [-0.2, 0) is 16.0 Å². The van der Waals surface area contributed by atoms with Crippen LogP contribution in [0.3, 0.4) is 0 Å². The zero-order chi connectivity index (χ0) is 17.2. The molecule has 5 nitrogen and oxygen atoms in total. The standard InChI is InChI=1S/C19H23NO4/c1-23-19(22)14-24-17-9-7-15(8-10-17)11-12-20-13-18(21)16-5-3-2-4-6-16/h2-10,18,20-21H,11-14H2,1H3/t18-/m0/s1. The molecule has 0 radical (unpaired) electrons. The van der Waals surface area contributed by atoms with Crippen molar-refractivity contribution in [3.05, 3.63) is 65.7 Å². The van der Waals surface area contributed by atoms with Gasteiger partial charge in [-0.15, -0.1) is 0 Å². The minimum atomic E-state index is -0.500. The molecular formula is C19H23NO4. The molecule has 2 aromatic carbocycles. The topological polar surface area (TPSA) is 67.8 Å². The van der Waals surface area contributed by atoms with Crippen LogP contribution in [0.4, 0.5) is 0 Å². The summed E-state index contributed by atoms with van der Waals surface area (Å²) >= 11 is 0. The third-order valence-corrected chi connectivity index (χ3v) is 3.62. The lowest BCUT2D eigenvalue weighted by Gasteiger charge is -2.12. The molecule has 24 heavy (non-hydrogen) atoms. The van der Waals surface area contributed by atoms with E-state index in [-0.39, 0.29) is 6.61 Å². The van der Waals surface area contributed by atoms with Gasteiger partial charge >= 0.3 is 5.97 Å². The normalized spacial score (nSPS) is 11.8. The molecule has 0 saturated heterocycles. The summed E-state index contributed by atoms with van der Waals surface area (Å²) in [7, 11) is 1.33. The molecule has 128 valence electrons. The fourth-order valence-corrected chi connectivity index (χ4v) is 2.22. The minimum absolute atomic E-state index is 0.0885. The number of aliphatic hydroxyl groups is 1. The molecule has 5 heteroatoms. The Hall–Kier alpha value is -2.37. The molecule has 0 aliphatic heterocycles. The second-order valence-corrected chi connectivity index (χ2v) is 5.39. The molecule has 0 saturated carbocycles. The molecule has 0 heterocycles. The molecule has 0 aliphatic carbocycles. The van der Waals surface area contributed by atoms with Crippen LogP contribution in [0, 0.1) is 0 Å². The van der Waals surface area contributed by atoms with E-state index in [2.05, 4.69) is 10.1 Å². The van der Waals surface area contributed by atoms with Gasteiger partial charge in [0, 0.05) is 6.54 Å². The highest BCUT2D eigenvalue weighted by Crippen LogP contribution is 2.13. The fourth-order valence-electron chi connectivity index (χ4n) is 2.22. The van der Waals surface area contributed by atoms with Gasteiger partial charge in [0.1, 0.15) is 5.75 Å². The average molecular weight is 329 g/mol. The number of hydrogen-bond donors (Lipinski definition) is 2.